The maximum atomic E-state index is 9.51. The first-order chi connectivity index (χ1) is 8.36. The minimum Gasteiger partial charge on any atom is -0.508 e. The minimum absolute atomic E-state index is 0.0551. The molecule has 0 spiro atoms. The van der Waals surface area contributed by atoms with Crippen molar-refractivity contribution in [1.82, 2.24) is 0 Å². The quantitative estimate of drug-likeness (QED) is 0.795. The third-order valence-electron chi connectivity index (χ3n) is 2.88. The van der Waals surface area contributed by atoms with Gasteiger partial charge >= 0.3 is 0 Å². The summed E-state index contributed by atoms with van der Waals surface area (Å²) in [6.07, 6.45) is 0. The SMILES string of the molecule is CC(C)(C)c1cc[c]c(-c2cc(O)cc(O)c2)c1. The molecule has 0 bridgehead atoms. The van der Waals surface area contributed by atoms with E-state index in [1.54, 1.807) is 12.1 Å². The molecule has 2 rings (SSSR count). The van der Waals surface area contributed by atoms with Crippen molar-refractivity contribution in [2.45, 2.75) is 26.2 Å². The lowest BCUT2D eigenvalue weighted by molar-refractivity contribution is 0.451. The molecule has 0 aromatic heterocycles. The first kappa shape index (κ1) is 12.5. The molecule has 2 aromatic rings. The Bertz CT molecular complexity index is 545. The van der Waals surface area contributed by atoms with Gasteiger partial charge in [0.1, 0.15) is 11.5 Å². The lowest BCUT2D eigenvalue weighted by Gasteiger charge is -2.19. The van der Waals surface area contributed by atoms with Crippen LogP contribution in [0.3, 0.4) is 0 Å². The van der Waals surface area contributed by atoms with Crippen molar-refractivity contribution in [3.63, 3.8) is 0 Å². The number of hydrogen-bond donors (Lipinski definition) is 2. The summed E-state index contributed by atoms with van der Waals surface area (Å²) in [4.78, 5) is 0. The minimum atomic E-state index is 0.0551. The summed E-state index contributed by atoms with van der Waals surface area (Å²) in [5.41, 5.74) is 2.88. The maximum Gasteiger partial charge on any atom is 0.119 e. The Labute approximate surface area is 108 Å². The lowest BCUT2D eigenvalue weighted by Crippen LogP contribution is -2.10. The fourth-order valence-electron chi connectivity index (χ4n) is 1.85. The Morgan fingerprint density at radius 2 is 1.56 bits per heavy atom. The van der Waals surface area contributed by atoms with Crippen LogP contribution in [0.2, 0.25) is 0 Å². The highest BCUT2D eigenvalue weighted by Gasteiger charge is 2.14. The Morgan fingerprint density at radius 1 is 0.944 bits per heavy atom. The highest BCUT2D eigenvalue weighted by atomic mass is 16.3. The molecule has 18 heavy (non-hydrogen) atoms. The van der Waals surface area contributed by atoms with Crippen LogP contribution in [0.15, 0.2) is 36.4 Å². The Balaban J connectivity index is 2.51. The monoisotopic (exact) mass is 241 g/mol. The molecule has 2 heteroatoms. The van der Waals surface area contributed by atoms with Crippen LogP contribution in [0.5, 0.6) is 11.5 Å². The fourth-order valence-corrected chi connectivity index (χ4v) is 1.85. The Morgan fingerprint density at radius 3 is 2.11 bits per heavy atom. The summed E-state index contributed by atoms with van der Waals surface area (Å²) < 4.78 is 0. The number of rotatable bonds is 1. The molecule has 0 saturated carbocycles. The summed E-state index contributed by atoms with van der Waals surface area (Å²) >= 11 is 0. The summed E-state index contributed by atoms with van der Waals surface area (Å²) in [7, 11) is 0. The number of phenols is 2. The van der Waals surface area contributed by atoms with E-state index in [4.69, 9.17) is 0 Å². The van der Waals surface area contributed by atoms with E-state index in [9.17, 15) is 10.2 Å². The van der Waals surface area contributed by atoms with Crippen LogP contribution in [-0.2, 0) is 5.41 Å². The van der Waals surface area contributed by atoms with Gasteiger partial charge in [-0.05, 0) is 46.4 Å². The molecule has 0 aliphatic rings. The van der Waals surface area contributed by atoms with Gasteiger partial charge in [0.15, 0.2) is 0 Å². The van der Waals surface area contributed by atoms with Crippen molar-refractivity contribution < 1.29 is 10.2 Å². The zero-order valence-corrected chi connectivity index (χ0v) is 10.9. The normalized spacial score (nSPS) is 11.5. The first-order valence-corrected chi connectivity index (χ1v) is 5.92. The van der Waals surface area contributed by atoms with Crippen molar-refractivity contribution in [3.05, 3.63) is 48.0 Å². The molecule has 2 aromatic carbocycles. The second kappa shape index (κ2) is 4.37. The molecule has 93 valence electrons. The first-order valence-electron chi connectivity index (χ1n) is 5.92. The van der Waals surface area contributed by atoms with Crippen LogP contribution in [0.25, 0.3) is 11.1 Å². The predicted octanol–water partition coefficient (Wildman–Crippen LogP) is 3.86. The summed E-state index contributed by atoms with van der Waals surface area (Å²) in [5, 5.41) is 19.0. The molecular weight excluding hydrogens is 224 g/mol. The third-order valence-corrected chi connectivity index (χ3v) is 2.88. The van der Waals surface area contributed by atoms with Gasteiger partial charge < -0.3 is 10.2 Å². The van der Waals surface area contributed by atoms with Crippen molar-refractivity contribution in [1.29, 1.82) is 0 Å². The van der Waals surface area contributed by atoms with Crippen LogP contribution in [-0.4, -0.2) is 10.2 Å². The van der Waals surface area contributed by atoms with Gasteiger partial charge in [-0.1, -0.05) is 32.9 Å². The third kappa shape index (κ3) is 2.65. The summed E-state index contributed by atoms with van der Waals surface area (Å²) in [5.74, 6) is 0.110. The second-order valence-electron chi connectivity index (χ2n) is 5.48. The van der Waals surface area contributed by atoms with Crippen LogP contribution in [0, 0.1) is 6.07 Å². The molecular formula is C16H17O2. The number of hydrogen-bond acceptors (Lipinski definition) is 2. The van der Waals surface area contributed by atoms with Gasteiger partial charge in [0, 0.05) is 6.07 Å². The van der Waals surface area contributed by atoms with Crippen LogP contribution in [0.4, 0.5) is 0 Å². The van der Waals surface area contributed by atoms with Crippen molar-refractivity contribution in [2.24, 2.45) is 0 Å². The average Bonchev–Trinajstić information content (AvgIpc) is 2.27. The molecule has 0 saturated heterocycles. The molecule has 0 amide bonds. The fraction of sp³-hybridized carbons (Fsp3) is 0.250. The molecule has 0 aliphatic carbocycles. The molecule has 1 radical (unpaired) electrons. The van der Waals surface area contributed by atoms with E-state index in [0.29, 0.717) is 0 Å². The van der Waals surface area contributed by atoms with Gasteiger partial charge in [0.05, 0.1) is 0 Å². The van der Waals surface area contributed by atoms with Gasteiger partial charge in [-0.3, -0.25) is 0 Å². The van der Waals surface area contributed by atoms with E-state index in [1.165, 1.54) is 11.6 Å². The van der Waals surface area contributed by atoms with Crippen LogP contribution < -0.4 is 0 Å². The summed E-state index contributed by atoms with van der Waals surface area (Å²) in [6.45, 7) is 6.43. The van der Waals surface area contributed by atoms with E-state index < -0.39 is 0 Å². The molecule has 0 unspecified atom stereocenters. The second-order valence-corrected chi connectivity index (χ2v) is 5.48. The van der Waals surface area contributed by atoms with Gasteiger partial charge in [0.2, 0.25) is 0 Å². The zero-order chi connectivity index (χ0) is 13.3. The summed E-state index contributed by atoms with van der Waals surface area (Å²) in [6, 6.07) is 13.6. The predicted molar refractivity (Wildman–Crippen MR) is 72.7 cm³/mol. The molecule has 2 N–H and O–H groups in total. The number of benzene rings is 2. The van der Waals surface area contributed by atoms with Gasteiger partial charge in [0.25, 0.3) is 0 Å². The van der Waals surface area contributed by atoms with Crippen molar-refractivity contribution in [2.75, 3.05) is 0 Å². The Hall–Kier alpha value is -1.96. The molecule has 0 aliphatic heterocycles. The van der Waals surface area contributed by atoms with Gasteiger partial charge in [-0.2, -0.15) is 0 Å². The van der Waals surface area contributed by atoms with E-state index in [1.807, 2.05) is 18.2 Å². The van der Waals surface area contributed by atoms with Gasteiger partial charge in [-0.15, -0.1) is 0 Å². The number of phenolic OH excluding ortho intramolecular Hbond substituents is 2. The zero-order valence-electron chi connectivity index (χ0n) is 10.9. The van der Waals surface area contributed by atoms with Crippen molar-refractivity contribution >= 4 is 0 Å². The largest absolute Gasteiger partial charge is 0.508 e. The topological polar surface area (TPSA) is 40.5 Å². The van der Waals surface area contributed by atoms with E-state index >= 15 is 0 Å². The standard InChI is InChI=1S/C16H17O2/c1-16(2,3)13-6-4-5-11(7-13)12-8-14(17)10-15(18)9-12/h4,6-10,17-18H,1-3H3. The van der Waals surface area contributed by atoms with Crippen LogP contribution in [0.1, 0.15) is 26.3 Å². The number of aromatic hydroxyl groups is 2. The Kier molecular flexibility index (Phi) is 3.04. The van der Waals surface area contributed by atoms with E-state index in [0.717, 1.165) is 11.1 Å². The smallest absolute Gasteiger partial charge is 0.119 e. The average molecular weight is 241 g/mol. The lowest BCUT2D eigenvalue weighted by atomic mass is 9.85. The van der Waals surface area contributed by atoms with Crippen LogP contribution >= 0.6 is 0 Å². The molecule has 0 fully saturated rings. The molecule has 0 heterocycles. The van der Waals surface area contributed by atoms with E-state index in [2.05, 4.69) is 26.8 Å². The van der Waals surface area contributed by atoms with Crippen molar-refractivity contribution in [3.8, 4) is 22.6 Å². The highest BCUT2D eigenvalue weighted by molar-refractivity contribution is 5.67. The molecule has 0 atom stereocenters. The highest BCUT2D eigenvalue weighted by Crippen LogP contribution is 2.31. The van der Waals surface area contributed by atoms with Gasteiger partial charge in [-0.25, -0.2) is 0 Å². The molecule has 2 nitrogen and oxygen atoms in total. The van der Waals surface area contributed by atoms with E-state index in [-0.39, 0.29) is 16.9 Å². The maximum absolute atomic E-state index is 9.51.